The molecule has 0 unspecified atom stereocenters. The van der Waals surface area contributed by atoms with Crippen molar-refractivity contribution in [3.8, 4) is 5.75 Å². The number of nitrogens with two attached hydrogens (primary N) is 1. The summed E-state index contributed by atoms with van der Waals surface area (Å²) in [5.41, 5.74) is 7.43. The Bertz CT molecular complexity index is 756. The summed E-state index contributed by atoms with van der Waals surface area (Å²) in [6.07, 6.45) is 0.555. The normalized spacial score (nSPS) is 10.6. The first-order chi connectivity index (χ1) is 10.7. The van der Waals surface area contributed by atoms with Gasteiger partial charge in [-0.25, -0.2) is 0 Å². The molecule has 0 atom stereocenters. The van der Waals surface area contributed by atoms with Gasteiger partial charge in [-0.05, 0) is 29.8 Å². The molecule has 0 spiro atoms. The molecule has 0 aliphatic heterocycles. The zero-order valence-electron chi connectivity index (χ0n) is 11.7. The fraction of sp³-hybridized carbons (Fsp3) is 0.125. The van der Waals surface area contributed by atoms with Crippen molar-refractivity contribution in [1.82, 2.24) is 10.1 Å². The number of aromatic nitrogens is 2. The molecule has 112 valence electrons. The monoisotopic (exact) mass is 315 g/mol. The Morgan fingerprint density at radius 1 is 1.09 bits per heavy atom. The van der Waals surface area contributed by atoms with Crippen molar-refractivity contribution in [2.75, 3.05) is 5.73 Å². The lowest BCUT2D eigenvalue weighted by atomic mass is 10.1. The number of hydrogen-bond donors (Lipinski definition) is 1. The van der Waals surface area contributed by atoms with Gasteiger partial charge in [0, 0.05) is 5.69 Å². The molecule has 0 radical (unpaired) electrons. The molecule has 6 heteroatoms. The molecule has 0 saturated heterocycles. The predicted octanol–water partition coefficient (Wildman–Crippen LogP) is 3.48. The van der Waals surface area contributed by atoms with Crippen LogP contribution in [0.2, 0.25) is 5.02 Å². The van der Waals surface area contributed by atoms with Gasteiger partial charge in [0.05, 0.1) is 11.4 Å². The van der Waals surface area contributed by atoms with Crippen molar-refractivity contribution in [3.05, 3.63) is 70.8 Å². The Hall–Kier alpha value is -2.53. The molecule has 0 aliphatic rings. The van der Waals surface area contributed by atoms with Gasteiger partial charge < -0.3 is 15.0 Å². The van der Waals surface area contributed by atoms with Crippen molar-refractivity contribution < 1.29 is 9.26 Å². The van der Waals surface area contributed by atoms with Gasteiger partial charge in [0.1, 0.15) is 5.75 Å². The van der Waals surface area contributed by atoms with E-state index in [0.29, 0.717) is 28.9 Å². The highest BCUT2D eigenvalue weighted by Crippen LogP contribution is 2.23. The molecule has 1 aromatic heterocycles. The largest absolute Gasteiger partial charge is 0.484 e. The van der Waals surface area contributed by atoms with E-state index in [-0.39, 0.29) is 6.61 Å². The second-order valence-electron chi connectivity index (χ2n) is 4.74. The van der Waals surface area contributed by atoms with Gasteiger partial charge in [-0.2, -0.15) is 4.98 Å². The summed E-state index contributed by atoms with van der Waals surface area (Å²) in [5, 5.41) is 4.44. The van der Waals surface area contributed by atoms with Gasteiger partial charge in [0.2, 0.25) is 11.7 Å². The van der Waals surface area contributed by atoms with Crippen LogP contribution in [0.4, 0.5) is 5.69 Å². The van der Waals surface area contributed by atoms with Crippen LogP contribution < -0.4 is 10.5 Å². The summed E-state index contributed by atoms with van der Waals surface area (Å²) in [7, 11) is 0. The molecule has 3 rings (SSSR count). The van der Waals surface area contributed by atoms with Crippen molar-refractivity contribution in [2.24, 2.45) is 0 Å². The maximum atomic E-state index is 6.02. The molecular weight excluding hydrogens is 302 g/mol. The number of anilines is 1. The number of halogens is 1. The molecule has 1 heterocycles. The quantitative estimate of drug-likeness (QED) is 0.730. The highest BCUT2D eigenvalue weighted by Gasteiger charge is 2.09. The lowest BCUT2D eigenvalue weighted by molar-refractivity contribution is 0.285. The van der Waals surface area contributed by atoms with E-state index in [1.54, 1.807) is 12.1 Å². The Balaban J connectivity index is 1.61. The van der Waals surface area contributed by atoms with Crippen molar-refractivity contribution >= 4 is 17.3 Å². The lowest BCUT2D eigenvalue weighted by Crippen LogP contribution is -1.98. The number of hydrogen-bond acceptors (Lipinski definition) is 5. The van der Waals surface area contributed by atoms with Crippen LogP contribution >= 0.6 is 11.6 Å². The van der Waals surface area contributed by atoms with Crippen LogP contribution in [0.5, 0.6) is 5.75 Å². The molecular formula is C16H14ClN3O2. The third-order valence-electron chi connectivity index (χ3n) is 3.04. The Kier molecular flexibility index (Phi) is 4.25. The minimum absolute atomic E-state index is 0.203. The maximum Gasteiger partial charge on any atom is 0.231 e. The highest BCUT2D eigenvalue weighted by molar-refractivity contribution is 6.32. The van der Waals surface area contributed by atoms with Crippen LogP contribution in [0.15, 0.2) is 53.1 Å². The van der Waals surface area contributed by atoms with Crippen LogP contribution in [-0.2, 0) is 13.0 Å². The molecule has 22 heavy (non-hydrogen) atoms. The number of para-hydroxylation sites is 1. The average molecular weight is 316 g/mol. The Morgan fingerprint density at radius 3 is 2.64 bits per heavy atom. The predicted molar refractivity (Wildman–Crippen MR) is 83.7 cm³/mol. The van der Waals surface area contributed by atoms with E-state index in [2.05, 4.69) is 10.1 Å². The maximum absolute atomic E-state index is 6.02. The van der Waals surface area contributed by atoms with Crippen molar-refractivity contribution in [1.29, 1.82) is 0 Å². The number of nitrogens with zero attached hydrogens (tertiary/aromatic N) is 2. The molecule has 0 bridgehead atoms. The minimum Gasteiger partial charge on any atom is -0.484 e. The van der Waals surface area contributed by atoms with E-state index in [1.165, 1.54) is 0 Å². The van der Waals surface area contributed by atoms with E-state index in [4.69, 9.17) is 26.6 Å². The number of benzene rings is 2. The summed E-state index contributed by atoms with van der Waals surface area (Å²) < 4.78 is 10.8. The zero-order valence-corrected chi connectivity index (χ0v) is 12.5. The van der Waals surface area contributed by atoms with Crippen LogP contribution in [0.25, 0.3) is 0 Å². The van der Waals surface area contributed by atoms with Crippen LogP contribution in [-0.4, -0.2) is 10.1 Å². The van der Waals surface area contributed by atoms with Gasteiger partial charge in [0.15, 0.2) is 6.61 Å². The van der Waals surface area contributed by atoms with E-state index in [0.717, 1.165) is 11.3 Å². The SMILES string of the molecule is Nc1ccc(Cc2nc(COc3ccccc3Cl)no2)cc1. The summed E-state index contributed by atoms with van der Waals surface area (Å²) in [5.74, 6) is 1.60. The summed E-state index contributed by atoms with van der Waals surface area (Å²) >= 11 is 6.02. The van der Waals surface area contributed by atoms with Gasteiger partial charge in [0.25, 0.3) is 0 Å². The fourth-order valence-electron chi connectivity index (χ4n) is 1.93. The third kappa shape index (κ3) is 3.56. The van der Waals surface area contributed by atoms with Crippen molar-refractivity contribution in [2.45, 2.75) is 13.0 Å². The Labute approximate surface area is 132 Å². The molecule has 3 aromatic rings. The topological polar surface area (TPSA) is 74.2 Å². The van der Waals surface area contributed by atoms with Gasteiger partial charge >= 0.3 is 0 Å². The second-order valence-corrected chi connectivity index (χ2v) is 5.15. The summed E-state index contributed by atoms with van der Waals surface area (Å²) in [4.78, 5) is 4.30. The second kappa shape index (κ2) is 6.49. The van der Waals surface area contributed by atoms with Gasteiger partial charge in [-0.15, -0.1) is 0 Å². The molecule has 0 fully saturated rings. The molecule has 2 N–H and O–H groups in total. The molecule has 5 nitrogen and oxygen atoms in total. The standard InChI is InChI=1S/C16H14ClN3O2/c17-13-3-1-2-4-14(13)21-10-15-19-16(22-20-15)9-11-5-7-12(18)8-6-11/h1-8H,9-10,18H2. The summed E-state index contributed by atoms with van der Waals surface area (Å²) in [6.45, 7) is 0.203. The van der Waals surface area contributed by atoms with Crippen LogP contribution in [0, 0.1) is 0 Å². The first kappa shape index (κ1) is 14.4. The van der Waals surface area contributed by atoms with E-state index in [1.807, 2.05) is 36.4 Å². The first-order valence-electron chi connectivity index (χ1n) is 6.74. The number of ether oxygens (including phenoxy) is 1. The molecule has 2 aromatic carbocycles. The van der Waals surface area contributed by atoms with E-state index in [9.17, 15) is 0 Å². The van der Waals surface area contributed by atoms with Crippen LogP contribution in [0.1, 0.15) is 17.3 Å². The fourth-order valence-corrected chi connectivity index (χ4v) is 2.13. The highest BCUT2D eigenvalue weighted by atomic mass is 35.5. The van der Waals surface area contributed by atoms with Gasteiger partial charge in [-0.1, -0.05) is 41.0 Å². The average Bonchev–Trinajstić information content (AvgIpc) is 2.96. The third-order valence-corrected chi connectivity index (χ3v) is 3.35. The lowest BCUT2D eigenvalue weighted by Gasteiger charge is -2.04. The number of rotatable bonds is 5. The van der Waals surface area contributed by atoms with Gasteiger partial charge in [-0.3, -0.25) is 0 Å². The zero-order chi connectivity index (χ0) is 15.4. The van der Waals surface area contributed by atoms with E-state index >= 15 is 0 Å². The van der Waals surface area contributed by atoms with Crippen LogP contribution in [0.3, 0.4) is 0 Å². The molecule has 0 saturated carbocycles. The molecule has 0 aliphatic carbocycles. The Morgan fingerprint density at radius 2 is 1.86 bits per heavy atom. The van der Waals surface area contributed by atoms with Crippen molar-refractivity contribution in [3.63, 3.8) is 0 Å². The minimum atomic E-state index is 0.203. The number of nitrogen functional groups attached to an aromatic ring is 1. The van der Waals surface area contributed by atoms with E-state index < -0.39 is 0 Å². The molecule has 0 amide bonds. The smallest absolute Gasteiger partial charge is 0.231 e. The summed E-state index contributed by atoms with van der Waals surface area (Å²) in [6, 6.07) is 14.8. The first-order valence-corrected chi connectivity index (χ1v) is 7.12.